The first kappa shape index (κ1) is 18.5. The number of amides is 1. The zero-order chi connectivity index (χ0) is 17.0. The SMILES string of the molecule is COC(=O)[C@](C)(Cc1cccc(Br)c1)NC(=O)OC(C)(C)C. The Morgan fingerprint density at radius 1 is 1.23 bits per heavy atom. The predicted octanol–water partition coefficient (Wildman–Crippen LogP) is 3.45. The summed E-state index contributed by atoms with van der Waals surface area (Å²) in [5.41, 5.74) is -0.965. The molecule has 0 aliphatic heterocycles. The first-order valence-corrected chi connectivity index (χ1v) is 7.69. The molecule has 1 amide bonds. The number of ether oxygens (including phenoxy) is 2. The largest absolute Gasteiger partial charge is 0.467 e. The van der Waals surface area contributed by atoms with Crippen molar-refractivity contribution in [3.05, 3.63) is 34.3 Å². The summed E-state index contributed by atoms with van der Waals surface area (Å²) in [6, 6.07) is 7.52. The monoisotopic (exact) mass is 371 g/mol. The number of halogens is 1. The summed E-state index contributed by atoms with van der Waals surface area (Å²) in [4.78, 5) is 24.1. The number of esters is 1. The zero-order valence-corrected chi connectivity index (χ0v) is 15.1. The summed E-state index contributed by atoms with van der Waals surface area (Å²) in [6.45, 7) is 6.90. The minimum absolute atomic E-state index is 0.290. The Labute approximate surface area is 139 Å². The van der Waals surface area contributed by atoms with E-state index in [4.69, 9.17) is 9.47 Å². The Morgan fingerprint density at radius 3 is 2.36 bits per heavy atom. The molecule has 0 heterocycles. The highest BCUT2D eigenvalue weighted by molar-refractivity contribution is 9.10. The van der Waals surface area contributed by atoms with E-state index in [0.717, 1.165) is 10.0 Å². The number of rotatable bonds is 4. The number of hydrogen-bond acceptors (Lipinski definition) is 4. The highest BCUT2D eigenvalue weighted by Crippen LogP contribution is 2.19. The van der Waals surface area contributed by atoms with Gasteiger partial charge in [-0.25, -0.2) is 9.59 Å². The molecule has 1 aromatic carbocycles. The van der Waals surface area contributed by atoms with Crippen LogP contribution in [0.2, 0.25) is 0 Å². The van der Waals surface area contributed by atoms with E-state index >= 15 is 0 Å². The van der Waals surface area contributed by atoms with E-state index in [1.54, 1.807) is 27.7 Å². The van der Waals surface area contributed by atoms with E-state index in [9.17, 15) is 9.59 Å². The molecule has 122 valence electrons. The van der Waals surface area contributed by atoms with Crippen LogP contribution >= 0.6 is 15.9 Å². The number of carbonyl (C=O) groups is 2. The predicted molar refractivity (Wildman–Crippen MR) is 87.6 cm³/mol. The molecule has 0 saturated heterocycles. The van der Waals surface area contributed by atoms with Gasteiger partial charge in [0, 0.05) is 10.9 Å². The van der Waals surface area contributed by atoms with Gasteiger partial charge in [-0.1, -0.05) is 28.1 Å². The number of alkyl carbamates (subject to hydrolysis) is 1. The van der Waals surface area contributed by atoms with Gasteiger partial charge >= 0.3 is 12.1 Å². The van der Waals surface area contributed by atoms with Gasteiger partial charge in [0.25, 0.3) is 0 Å². The van der Waals surface area contributed by atoms with Crippen molar-refractivity contribution in [3.8, 4) is 0 Å². The van der Waals surface area contributed by atoms with Crippen LogP contribution in [0.3, 0.4) is 0 Å². The van der Waals surface area contributed by atoms with Crippen LogP contribution in [0.5, 0.6) is 0 Å². The maximum Gasteiger partial charge on any atom is 0.408 e. The average molecular weight is 372 g/mol. The van der Waals surface area contributed by atoms with E-state index in [-0.39, 0.29) is 0 Å². The smallest absolute Gasteiger partial charge is 0.408 e. The molecule has 22 heavy (non-hydrogen) atoms. The Morgan fingerprint density at radius 2 is 1.86 bits per heavy atom. The number of nitrogens with one attached hydrogen (secondary N) is 1. The summed E-state index contributed by atoms with van der Waals surface area (Å²) in [5, 5.41) is 2.62. The van der Waals surface area contributed by atoms with Gasteiger partial charge < -0.3 is 14.8 Å². The summed E-state index contributed by atoms with van der Waals surface area (Å²) in [6.07, 6.45) is -0.367. The van der Waals surface area contributed by atoms with Gasteiger partial charge in [0.1, 0.15) is 11.1 Å². The molecule has 0 aliphatic rings. The fraction of sp³-hybridized carbons (Fsp3) is 0.500. The number of methoxy groups -OCH3 is 1. The minimum Gasteiger partial charge on any atom is -0.467 e. The van der Waals surface area contributed by atoms with Crippen molar-refractivity contribution in [2.24, 2.45) is 0 Å². The third-order valence-electron chi connectivity index (χ3n) is 2.86. The van der Waals surface area contributed by atoms with Crippen LogP contribution in [0.15, 0.2) is 28.7 Å². The molecule has 0 radical (unpaired) electrons. The third kappa shape index (κ3) is 5.67. The minimum atomic E-state index is -1.21. The van der Waals surface area contributed by atoms with Crippen LogP contribution in [0, 0.1) is 0 Å². The fourth-order valence-electron chi connectivity index (χ4n) is 1.98. The lowest BCUT2D eigenvalue weighted by Crippen LogP contribution is -2.55. The molecule has 1 aromatic rings. The van der Waals surface area contributed by atoms with Crippen molar-refractivity contribution >= 4 is 28.0 Å². The molecule has 0 aliphatic carbocycles. The normalized spacial score (nSPS) is 13.9. The molecule has 0 unspecified atom stereocenters. The summed E-state index contributed by atoms with van der Waals surface area (Å²) < 4.78 is 10.9. The van der Waals surface area contributed by atoms with Crippen molar-refractivity contribution in [1.82, 2.24) is 5.32 Å². The van der Waals surface area contributed by atoms with Crippen LogP contribution in [-0.4, -0.2) is 30.3 Å². The molecule has 0 aromatic heterocycles. The van der Waals surface area contributed by atoms with Crippen molar-refractivity contribution in [1.29, 1.82) is 0 Å². The van der Waals surface area contributed by atoms with Gasteiger partial charge in [0.2, 0.25) is 0 Å². The maximum absolute atomic E-state index is 12.1. The van der Waals surface area contributed by atoms with Gasteiger partial charge in [-0.2, -0.15) is 0 Å². The molecule has 0 fully saturated rings. The van der Waals surface area contributed by atoms with Gasteiger partial charge in [-0.05, 0) is 45.4 Å². The Kier molecular flexibility index (Phi) is 6.00. The Bertz CT molecular complexity index is 553. The van der Waals surface area contributed by atoms with Crippen molar-refractivity contribution < 1.29 is 19.1 Å². The van der Waals surface area contributed by atoms with E-state index in [1.807, 2.05) is 24.3 Å². The van der Waals surface area contributed by atoms with Crippen molar-refractivity contribution in [2.75, 3.05) is 7.11 Å². The van der Waals surface area contributed by atoms with Crippen LogP contribution in [-0.2, 0) is 20.7 Å². The zero-order valence-electron chi connectivity index (χ0n) is 13.5. The average Bonchev–Trinajstić information content (AvgIpc) is 2.34. The molecule has 1 rings (SSSR count). The van der Waals surface area contributed by atoms with Crippen LogP contribution in [0.1, 0.15) is 33.3 Å². The lowest BCUT2D eigenvalue weighted by Gasteiger charge is -2.29. The Hall–Kier alpha value is -1.56. The summed E-state index contributed by atoms with van der Waals surface area (Å²) in [5.74, 6) is -0.529. The highest BCUT2D eigenvalue weighted by Gasteiger charge is 2.37. The molecule has 0 spiro atoms. The van der Waals surface area contributed by atoms with Crippen LogP contribution in [0.4, 0.5) is 4.79 Å². The molecule has 0 bridgehead atoms. The molecule has 6 heteroatoms. The van der Waals surface area contributed by atoms with Gasteiger partial charge in [-0.15, -0.1) is 0 Å². The molecule has 5 nitrogen and oxygen atoms in total. The van der Waals surface area contributed by atoms with E-state index < -0.39 is 23.2 Å². The lowest BCUT2D eigenvalue weighted by atomic mass is 9.93. The van der Waals surface area contributed by atoms with E-state index in [2.05, 4.69) is 21.2 Å². The molecule has 1 N–H and O–H groups in total. The van der Waals surface area contributed by atoms with Gasteiger partial charge in [-0.3, -0.25) is 0 Å². The quantitative estimate of drug-likeness (QED) is 0.823. The summed E-state index contributed by atoms with van der Waals surface area (Å²) in [7, 11) is 1.29. The second-order valence-corrected chi connectivity index (χ2v) is 7.17. The standard InChI is InChI=1S/C16H22BrNO4/c1-15(2,3)22-14(20)18-16(4,13(19)21-5)10-11-7-6-8-12(17)9-11/h6-9H,10H2,1-5H3,(H,18,20)/t16-/m0/s1. The summed E-state index contributed by atoms with van der Waals surface area (Å²) >= 11 is 3.39. The lowest BCUT2D eigenvalue weighted by molar-refractivity contribution is -0.147. The number of benzene rings is 1. The second-order valence-electron chi connectivity index (χ2n) is 6.26. The number of carbonyl (C=O) groups excluding carboxylic acids is 2. The Balaban J connectivity index is 2.95. The molecular weight excluding hydrogens is 350 g/mol. The van der Waals surface area contributed by atoms with Crippen molar-refractivity contribution in [2.45, 2.75) is 45.3 Å². The van der Waals surface area contributed by atoms with Crippen LogP contribution in [0.25, 0.3) is 0 Å². The molecule has 0 saturated carbocycles. The van der Waals surface area contributed by atoms with Crippen LogP contribution < -0.4 is 5.32 Å². The first-order chi connectivity index (χ1) is 10.1. The third-order valence-corrected chi connectivity index (χ3v) is 3.35. The van der Waals surface area contributed by atoms with Gasteiger partial charge in [0.15, 0.2) is 0 Å². The second kappa shape index (κ2) is 7.13. The molecular formula is C16H22BrNO4. The van der Waals surface area contributed by atoms with Crippen molar-refractivity contribution in [3.63, 3.8) is 0 Å². The van der Waals surface area contributed by atoms with E-state index in [1.165, 1.54) is 7.11 Å². The number of hydrogen-bond donors (Lipinski definition) is 1. The fourth-order valence-corrected chi connectivity index (χ4v) is 2.42. The van der Waals surface area contributed by atoms with Gasteiger partial charge in [0.05, 0.1) is 7.11 Å². The topological polar surface area (TPSA) is 64.6 Å². The van der Waals surface area contributed by atoms with E-state index in [0.29, 0.717) is 6.42 Å². The maximum atomic E-state index is 12.1. The highest BCUT2D eigenvalue weighted by atomic mass is 79.9. The molecule has 1 atom stereocenters. The first-order valence-electron chi connectivity index (χ1n) is 6.90.